The molecular formula is C18H22N6O2. The van der Waals surface area contributed by atoms with Crippen molar-refractivity contribution in [1.29, 1.82) is 0 Å². The first-order chi connectivity index (χ1) is 12.5. The van der Waals surface area contributed by atoms with E-state index >= 15 is 0 Å². The summed E-state index contributed by atoms with van der Waals surface area (Å²) in [6, 6.07) is 7.65. The first-order valence-corrected chi connectivity index (χ1v) is 8.76. The summed E-state index contributed by atoms with van der Waals surface area (Å²) in [6.07, 6.45) is 2.62. The van der Waals surface area contributed by atoms with Crippen LogP contribution in [-0.2, 0) is 14.1 Å². The molecular weight excluding hydrogens is 332 g/mol. The van der Waals surface area contributed by atoms with Gasteiger partial charge in [-0.2, -0.15) is 5.10 Å². The van der Waals surface area contributed by atoms with Crippen LogP contribution < -0.4 is 5.32 Å². The predicted molar refractivity (Wildman–Crippen MR) is 95.5 cm³/mol. The maximum absolute atomic E-state index is 12.6. The summed E-state index contributed by atoms with van der Waals surface area (Å²) in [6.45, 7) is 0.416. The summed E-state index contributed by atoms with van der Waals surface area (Å²) in [4.78, 5) is 12.6. The van der Waals surface area contributed by atoms with Crippen molar-refractivity contribution in [2.75, 3.05) is 6.54 Å². The Balaban J connectivity index is 1.44. The van der Waals surface area contributed by atoms with Gasteiger partial charge in [-0.15, -0.1) is 10.2 Å². The zero-order valence-corrected chi connectivity index (χ0v) is 14.8. The van der Waals surface area contributed by atoms with Crippen LogP contribution in [0.15, 0.2) is 30.6 Å². The number of hydrogen-bond acceptors (Lipinski definition) is 5. The Morgan fingerprint density at radius 2 is 2.12 bits per heavy atom. The van der Waals surface area contributed by atoms with E-state index in [1.54, 1.807) is 11.0 Å². The number of para-hydroxylation sites is 1. The molecule has 1 saturated carbocycles. The summed E-state index contributed by atoms with van der Waals surface area (Å²) >= 11 is 0. The second-order valence-corrected chi connectivity index (χ2v) is 7.00. The molecule has 0 aliphatic heterocycles. The summed E-state index contributed by atoms with van der Waals surface area (Å²) in [5.74, 6) is 0.829. The minimum absolute atomic E-state index is 0.00405. The monoisotopic (exact) mass is 354 g/mol. The Kier molecular flexibility index (Phi) is 4.20. The molecule has 8 heteroatoms. The van der Waals surface area contributed by atoms with Gasteiger partial charge in [-0.1, -0.05) is 18.2 Å². The Hall–Kier alpha value is -2.74. The van der Waals surface area contributed by atoms with Gasteiger partial charge in [-0.25, -0.2) is 0 Å². The number of aryl methyl sites for hydroxylation is 2. The maximum atomic E-state index is 12.6. The molecule has 1 fully saturated rings. The molecule has 136 valence electrons. The van der Waals surface area contributed by atoms with Crippen LogP contribution in [0.2, 0.25) is 0 Å². The van der Waals surface area contributed by atoms with Crippen molar-refractivity contribution >= 4 is 16.8 Å². The largest absolute Gasteiger partial charge is 0.393 e. The highest BCUT2D eigenvalue weighted by Crippen LogP contribution is 2.37. The van der Waals surface area contributed by atoms with Crippen LogP contribution in [0.25, 0.3) is 10.9 Å². The number of carbonyl (C=O) groups excluding carboxylic acids is 1. The molecule has 4 rings (SSSR count). The molecule has 1 aliphatic rings. The third kappa shape index (κ3) is 2.86. The van der Waals surface area contributed by atoms with Crippen LogP contribution >= 0.6 is 0 Å². The van der Waals surface area contributed by atoms with Gasteiger partial charge in [0.25, 0.3) is 5.91 Å². The number of hydrogen-bond donors (Lipinski definition) is 2. The number of aromatic nitrogens is 5. The third-order valence-electron chi connectivity index (χ3n) is 5.27. The minimum Gasteiger partial charge on any atom is -0.393 e. The summed E-state index contributed by atoms with van der Waals surface area (Å²) in [7, 11) is 3.73. The highest BCUT2D eigenvalue weighted by Gasteiger charge is 2.36. The number of amides is 1. The van der Waals surface area contributed by atoms with Crippen molar-refractivity contribution in [2.24, 2.45) is 20.0 Å². The van der Waals surface area contributed by atoms with E-state index in [1.807, 2.05) is 42.9 Å². The third-order valence-corrected chi connectivity index (χ3v) is 5.27. The van der Waals surface area contributed by atoms with Crippen LogP contribution in [0, 0.1) is 5.92 Å². The lowest BCUT2D eigenvalue weighted by molar-refractivity contribution is 0.0912. The molecule has 1 aliphatic carbocycles. The number of aliphatic hydroxyl groups excluding tert-OH is 1. The van der Waals surface area contributed by atoms with Gasteiger partial charge < -0.3 is 15.0 Å². The highest BCUT2D eigenvalue weighted by atomic mass is 16.3. The van der Waals surface area contributed by atoms with E-state index in [9.17, 15) is 9.90 Å². The number of benzene rings is 1. The molecule has 1 amide bonds. The molecule has 0 unspecified atom stereocenters. The molecule has 0 radical (unpaired) electrons. The van der Waals surface area contributed by atoms with Crippen LogP contribution in [0.3, 0.4) is 0 Å². The Morgan fingerprint density at radius 1 is 1.31 bits per heavy atom. The second-order valence-electron chi connectivity index (χ2n) is 7.00. The van der Waals surface area contributed by atoms with Crippen LogP contribution in [0.4, 0.5) is 0 Å². The van der Waals surface area contributed by atoms with E-state index in [0.29, 0.717) is 18.7 Å². The summed E-state index contributed by atoms with van der Waals surface area (Å²) in [5.41, 5.74) is 1.33. The molecule has 26 heavy (non-hydrogen) atoms. The maximum Gasteiger partial charge on any atom is 0.272 e. The van der Waals surface area contributed by atoms with Gasteiger partial charge in [0.05, 0.1) is 11.6 Å². The quantitative estimate of drug-likeness (QED) is 0.728. The van der Waals surface area contributed by atoms with Crippen molar-refractivity contribution in [3.8, 4) is 0 Å². The fourth-order valence-electron chi connectivity index (χ4n) is 3.88. The Morgan fingerprint density at radius 3 is 2.88 bits per heavy atom. The molecule has 3 atom stereocenters. The average molecular weight is 354 g/mol. The van der Waals surface area contributed by atoms with Crippen LogP contribution in [0.5, 0.6) is 0 Å². The first kappa shape index (κ1) is 16.7. The molecule has 3 aromatic rings. The molecule has 2 heterocycles. The number of aliphatic hydroxyl groups is 1. The second kappa shape index (κ2) is 6.53. The first-order valence-electron chi connectivity index (χ1n) is 8.76. The fourth-order valence-corrected chi connectivity index (χ4v) is 3.88. The van der Waals surface area contributed by atoms with Crippen LogP contribution in [-0.4, -0.2) is 48.2 Å². The average Bonchev–Trinajstić information content (AvgIpc) is 3.31. The van der Waals surface area contributed by atoms with Gasteiger partial charge in [0.15, 0.2) is 5.69 Å². The van der Waals surface area contributed by atoms with E-state index in [2.05, 4.69) is 20.6 Å². The van der Waals surface area contributed by atoms with Crippen molar-refractivity contribution in [3.63, 3.8) is 0 Å². The number of carbonyl (C=O) groups is 1. The Labute approximate surface area is 150 Å². The van der Waals surface area contributed by atoms with Crippen molar-refractivity contribution < 1.29 is 9.90 Å². The topological polar surface area (TPSA) is 97.9 Å². The van der Waals surface area contributed by atoms with Gasteiger partial charge in [0, 0.05) is 37.9 Å². The standard InChI is InChI=1S/C18H22N6O2/c1-23-10-20-21-17(23)11-7-12(15(25)8-11)9-19-18(26)16-13-5-3-4-6-14(13)24(2)22-16/h3-6,10-12,15,25H,7-9H2,1-2H3,(H,19,26)/t11-,12+,15+/m0/s1. The predicted octanol–water partition coefficient (Wildman–Crippen LogP) is 0.986. The molecule has 2 N–H and O–H groups in total. The molecule has 0 spiro atoms. The molecule has 0 saturated heterocycles. The van der Waals surface area contributed by atoms with Gasteiger partial charge in [-0.05, 0) is 18.9 Å². The Bertz CT molecular complexity index is 946. The highest BCUT2D eigenvalue weighted by molar-refractivity contribution is 6.04. The van der Waals surface area contributed by atoms with E-state index in [-0.39, 0.29) is 17.7 Å². The van der Waals surface area contributed by atoms with Gasteiger partial charge >= 0.3 is 0 Å². The van der Waals surface area contributed by atoms with Crippen molar-refractivity contribution in [2.45, 2.75) is 24.9 Å². The van der Waals surface area contributed by atoms with E-state index in [4.69, 9.17) is 0 Å². The van der Waals surface area contributed by atoms with Crippen molar-refractivity contribution in [1.82, 2.24) is 29.9 Å². The summed E-state index contributed by atoms with van der Waals surface area (Å²) < 4.78 is 3.59. The van der Waals surface area contributed by atoms with Gasteiger partial charge in [0.2, 0.25) is 0 Å². The zero-order valence-electron chi connectivity index (χ0n) is 14.8. The normalized spacial score (nSPS) is 22.8. The zero-order chi connectivity index (χ0) is 18.3. The van der Waals surface area contributed by atoms with Crippen LogP contribution in [0.1, 0.15) is 35.1 Å². The lowest BCUT2D eigenvalue weighted by Gasteiger charge is -2.14. The SMILES string of the molecule is Cn1cnnc1[C@H]1C[C@H](CNC(=O)c2nn(C)c3ccccc23)[C@H](O)C1. The number of nitrogens with one attached hydrogen (secondary N) is 1. The smallest absolute Gasteiger partial charge is 0.272 e. The molecule has 8 nitrogen and oxygen atoms in total. The number of nitrogens with zero attached hydrogens (tertiary/aromatic N) is 5. The van der Waals surface area contributed by atoms with E-state index in [1.165, 1.54) is 0 Å². The number of rotatable bonds is 4. The molecule has 0 bridgehead atoms. The minimum atomic E-state index is -0.461. The van der Waals surface area contributed by atoms with Gasteiger partial charge in [-0.3, -0.25) is 9.48 Å². The van der Waals surface area contributed by atoms with E-state index < -0.39 is 6.10 Å². The number of fused-ring (bicyclic) bond motifs is 1. The van der Waals surface area contributed by atoms with Gasteiger partial charge in [0.1, 0.15) is 12.2 Å². The lowest BCUT2D eigenvalue weighted by Crippen LogP contribution is -2.32. The fraction of sp³-hybridized carbons (Fsp3) is 0.444. The summed E-state index contributed by atoms with van der Waals surface area (Å²) in [5, 5.41) is 26.6. The molecule has 2 aromatic heterocycles. The van der Waals surface area contributed by atoms with Crippen molar-refractivity contribution in [3.05, 3.63) is 42.1 Å². The van der Waals surface area contributed by atoms with E-state index in [0.717, 1.165) is 23.1 Å². The molecule has 1 aromatic carbocycles. The lowest BCUT2D eigenvalue weighted by atomic mass is 10.0.